The fourth-order valence-electron chi connectivity index (χ4n) is 4.78. The lowest BCUT2D eigenvalue weighted by Crippen LogP contribution is -2.57. The number of carbonyl (C=O) groups is 2. The summed E-state index contributed by atoms with van der Waals surface area (Å²) in [4.78, 5) is 29.2. The maximum Gasteiger partial charge on any atom is 0.311 e. The Labute approximate surface area is 167 Å². The first-order valence-electron chi connectivity index (χ1n) is 9.80. The van der Waals surface area contributed by atoms with E-state index in [1.54, 1.807) is 13.2 Å². The number of carbonyl (C=O) groups excluding carboxylic acids is 2. The molecule has 2 aliphatic heterocycles. The molecule has 28 heavy (non-hydrogen) atoms. The van der Waals surface area contributed by atoms with Gasteiger partial charge in [0.05, 0.1) is 25.7 Å². The number of rotatable bonds is 6. The number of ether oxygens (including phenoxy) is 2. The zero-order valence-electron chi connectivity index (χ0n) is 17.1. The number of hydrogen-bond acceptors (Lipinski definition) is 5. The van der Waals surface area contributed by atoms with E-state index in [1.807, 2.05) is 17.9 Å². The standard InChI is InChI=1S/C22H30N2O4/c1-5-10-24-20(25)14-18(21(26)28-4)22(24)8-11-23(12-9-22)15-17-6-7-19(27-3)16(2)13-17/h5-7,13,18H,1,8-12,14-15H2,2-4H3. The third kappa shape index (κ3) is 3.65. The fraction of sp³-hybridized carbons (Fsp3) is 0.545. The van der Waals surface area contributed by atoms with Crippen molar-refractivity contribution in [2.75, 3.05) is 33.9 Å². The van der Waals surface area contributed by atoms with Crippen LogP contribution in [0.3, 0.4) is 0 Å². The van der Waals surface area contributed by atoms with Gasteiger partial charge < -0.3 is 14.4 Å². The molecule has 6 nitrogen and oxygen atoms in total. The van der Waals surface area contributed by atoms with Crippen LogP contribution in [0, 0.1) is 12.8 Å². The third-order valence-electron chi connectivity index (χ3n) is 6.25. The maximum absolute atomic E-state index is 12.6. The van der Waals surface area contributed by atoms with Crippen LogP contribution in [0.15, 0.2) is 30.9 Å². The summed E-state index contributed by atoms with van der Waals surface area (Å²) in [6, 6.07) is 6.25. The first-order valence-corrected chi connectivity index (χ1v) is 9.80. The highest BCUT2D eigenvalue weighted by atomic mass is 16.5. The van der Waals surface area contributed by atoms with Gasteiger partial charge in [-0.1, -0.05) is 18.2 Å². The van der Waals surface area contributed by atoms with Crippen molar-refractivity contribution in [1.82, 2.24) is 9.80 Å². The lowest BCUT2D eigenvalue weighted by molar-refractivity contribution is -0.150. The number of methoxy groups -OCH3 is 2. The van der Waals surface area contributed by atoms with E-state index in [4.69, 9.17) is 9.47 Å². The highest BCUT2D eigenvalue weighted by Gasteiger charge is 2.56. The minimum Gasteiger partial charge on any atom is -0.496 e. The van der Waals surface area contributed by atoms with Gasteiger partial charge in [-0.15, -0.1) is 6.58 Å². The van der Waals surface area contributed by atoms with Gasteiger partial charge in [0, 0.05) is 32.6 Å². The van der Waals surface area contributed by atoms with Crippen molar-refractivity contribution in [2.45, 2.75) is 38.3 Å². The summed E-state index contributed by atoms with van der Waals surface area (Å²) in [6.07, 6.45) is 3.51. The quantitative estimate of drug-likeness (QED) is 0.555. The van der Waals surface area contributed by atoms with Gasteiger partial charge in [0.25, 0.3) is 0 Å². The second-order valence-electron chi connectivity index (χ2n) is 7.76. The van der Waals surface area contributed by atoms with Gasteiger partial charge in [0.15, 0.2) is 0 Å². The van der Waals surface area contributed by atoms with E-state index in [1.165, 1.54) is 12.7 Å². The van der Waals surface area contributed by atoms with Crippen molar-refractivity contribution in [2.24, 2.45) is 5.92 Å². The molecule has 0 bridgehead atoms. The van der Waals surface area contributed by atoms with Gasteiger partial charge in [-0.2, -0.15) is 0 Å². The first kappa shape index (κ1) is 20.4. The molecule has 2 fully saturated rings. The van der Waals surface area contributed by atoms with E-state index >= 15 is 0 Å². The van der Waals surface area contributed by atoms with Gasteiger partial charge in [-0.05, 0) is 37.0 Å². The van der Waals surface area contributed by atoms with Gasteiger partial charge in [0.2, 0.25) is 5.91 Å². The lowest BCUT2D eigenvalue weighted by Gasteiger charge is -2.47. The molecule has 1 atom stereocenters. The van der Waals surface area contributed by atoms with Crippen molar-refractivity contribution >= 4 is 11.9 Å². The predicted octanol–water partition coefficient (Wildman–Crippen LogP) is 2.55. The van der Waals surface area contributed by atoms with Crippen LogP contribution in [0.25, 0.3) is 0 Å². The molecule has 0 saturated carbocycles. The number of aryl methyl sites for hydroxylation is 1. The van der Waals surface area contributed by atoms with E-state index in [2.05, 4.69) is 23.6 Å². The number of likely N-dealkylation sites (tertiary alicyclic amines) is 2. The Balaban J connectivity index is 1.73. The number of piperidine rings is 1. The van der Waals surface area contributed by atoms with Crippen LogP contribution in [-0.4, -0.2) is 61.1 Å². The van der Waals surface area contributed by atoms with Crippen molar-refractivity contribution in [3.8, 4) is 5.75 Å². The van der Waals surface area contributed by atoms with E-state index < -0.39 is 11.5 Å². The van der Waals surface area contributed by atoms with Crippen LogP contribution >= 0.6 is 0 Å². The van der Waals surface area contributed by atoms with E-state index in [0.29, 0.717) is 6.54 Å². The Morgan fingerprint density at radius 1 is 1.32 bits per heavy atom. The van der Waals surface area contributed by atoms with Gasteiger partial charge in [-0.25, -0.2) is 0 Å². The zero-order valence-corrected chi connectivity index (χ0v) is 17.1. The Morgan fingerprint density at radius 2 is 2.04 bits per heavy atom. The van der Waals surface area contributed by atoms with Gasteiger partial charge in [-0.3, -0.25) is 14.5 Å². The van der Waals surface area contributed by atoms with Gasteiger partial charge in [0.1, 0.15) is 5.75 Å². The van der Waals surface area contributed by atoms with Crippen molar-refractivity contribution in [3.63, 3.8) is 0 Å². The molecule has 2 heterocycles. The molecule has 1 amide bonds. The highest BCUT2D eigenvalue weighted by Crippen LogP contribution is 2.44. The van der Waals surface area contributed by atoms with Crippen LogP contribution < -0.4 is 4.74 Å². The smallest absolute Gasteiger partial charge is 0.311 e. The lowest BCUT2D eigenvalue weighted by atomic mass is 9.76. The molecule has 152 valence electrons. The monoisotopic (exact) mass is 386 g/mol. The largest absolute Gasteiger partial charge is 0.496 e. The molecule has 0 radical (unpaired) electrons. The molecule has 0 aromatic heterocycles. The van der Waals surface area contributed by atoms with Crippen LogP contribution in [0.4, 0.5) is 0 Å². The molecule has 1 unspecified atom stereocenters. The number of esters is 1. The molecule has 0 N–H and O–H groups in total. The van der Waals surface area contributed by atoms with Crippen molar-refractivity contribution < 1.29 is 19.1 Å². The Hall–Kier alpha value is -2.34. The number of nitrogens with zero attached hydrogens (tertiary/aromatic N) is 2. The molecular formula is C22H30N2O4. The van der Waals surface area contributed by atoms with E-state index in [9.17, 15) is 9.59 Å². The van der Waals surface area contributed by atoms with E-state index in [-0.39, 0.29) is 18.3 Å². The molecular weight excluding hydrogens is 356 g/mol. The molecule has 6 heteroatoms. The minimum absolute atomic E-state index is 0.0227. The van der Waals surface area contributed by atoms with E-state index in [0.717, 1.165) is 43.8 Å². The number of hydrogen-bond donors (Lipinski definition) is 0. The second-order valence-corrected chi connectivity index (χ2v) is 7.76. The van der Waals surface area contributed by atoms with Crippen molar-refractivity contribution in [3.05, 3.63) is 42.0 Å². The average molecular weight is 386 g/mol. The summed E-state index contributed by atoms with van der Waals surface area (Å²) in [5.41, 5.74) is 1.91. The Bertz CT molecular complexity index is 753. The maximum atomic E-state index is 12.6. The first-order chi connectivity index (χ1) is 13.4. The molecule has 1 aromatic carbocycles. The normalized spacial score (nSPS) is 21.8. The average Bonchev–Trinajstić information content (AvgIpc) is 2.96. The SMILES string of the molecule is C=CCN1C(=O)CC(C(=O)OC)C12CCN(Cc1ccc(OC)c(C)c1)CC2. The summed E-state index contributed by atoms with van der Waals surface area (Å²) in [5, 5.41) is 0. The van der Waals surface area contributed by atoms with Gasteiger partial charge >= 0.3 is 5.97 Å². The molecule has 1 aromatic rings. The fourth-order valence-corrected chi connectivity index (χ4v) is 4.78. The van der Waals surface area contributed by atoms with Crippen LogP contribution in [0.5, 0.6) is 5.75 Å². The zero-order chi connectivity index (χ0) is 20.3. The molecule has 2 aliphatic rings. The van der Waals surface area contributed by atoms with Crippen LogP contribution in [0.1, 0.15) is 30.4 Å². The summed E-state index contributed by atoms with van der Waals surface area (Å²) >= 11 is 0. The number of amides is 1. The predicted molar refractivity (Wildman–Crippen MR) is 107 cm³/mol. The summed E-state index contributed by atoms with van der Waals surface area (Å²) < 4.78 is 10.4. The molecule has 1 spiro atoms. The summed E-state index contributed by atoms with van der Waals surface area (Å²) in [5.74, 6) is 0.246. The third-order valence-corrected chi connectivity index (χ3v) is 6.25. The topological polar surface area (TPSA) is 59.1 Å². The Kier molecular flexibility index (Phi) is 6.08. The van der Waals surface area contributed by atoms with Crippen LogP contribution in [0.2, 0.25) is 0 Å². The van der Waals surface area contributed by atoms with Crippen molar-refractivity contribution in [1.29, 1.82) is 0 Å². The molecule has 2 saturated heterocycles. The molecule has 3 rings (SSSR count). The minimum atomic E-state index is -0.454. The highest BCUT2D eigenvalue weighted by molar-refractivity contribution is 5.89. The number of benzene rings is 1. The second kappa shape index (κ2) is 8.35. The summed E-state index contributed by atoms with van der Waals surface area (Å²) in [7, 11) is 3.08. The Morgan fingerprint density at radius 3 is 2.61 bits per heavy atom. The molecule has 0 aliphatic carbocycles. The summed E-state index contributed by atoms with van der Waals surface area (Å²) in [6.45, 7) is 8.82. The van der Waals surface area contributed by atoms with Crippen LogP contribution in [-0.2, 0) is 20.9 Å².